The number of anilines is 2. The van der Waals surface area contributed by atoms with Crippen molar-refractivity contribution in [3.63, 3.8) is 0 Å². The lowest BCUT2D eigenvalue weighted by Crippen LogP contribution is -2.07. The summed E-state index contributed by atoms with van der Waals surface area (Å²) in [4.78, 5) is 0. The highest BCUT2D eigenvalue weighted by Crippen LogP contribution is 2.24. The molecule has 4 heteroatoms. The second-order valence-electron chi connectivity index (χ2n) is 5.29. The van der Waals surface area contributed by atoms with Crippen LogP contribution in [0.5, 0.6) is 5.75 Å². The molecule has 21 heavy (non-hydrogen) atoms. The zero-order valence-corrected chi connectivity index (χ0v) is 12.5. The summed E-state index contributed by atoms with van der Waals surface area (Å²) in [6, 6.07) is 13.5. The van der Waals surface area contributed by atoms with E-state index in [2.05, 4.69) is 5.32 Å². The first-order valence-electron chi connectivity index (χ1n) is 7.06. The van der Waals surface area contributed by atoms with Crippen LogP contribution in [0.25, 0.3) is 0 Å². The van der Waals surface area contributed by atoms with E-state index in [0.29, 0.717) is 12.2 Å². The van der Waals surface area contributed by atoms with Crippen molar-refractivity contribution in [3.8, 4) is 5.75 Å². The number of nitrogen functional groups attached to an aromatic ring is 1. The number of ether oxygens (including phenoxy) is 1. The predicted molar refractivity (Wildman–Crippen MR) is 86.3 cm³/mol. The van der Waals surface area contributed by atoms with Crippen LogP contribution in [-0.2, 0) is 13.2 Å². The van der Waals surface area contributed by atoms with Gasteiger partial charge in [-0.05, 0) is 31.0 Å². The molecule has 4 nitrogen and oxygen atoms in total. The average Bonchev–Trinajstić information content (AvgIpc) is 2.44. The molecule has 2 aromatic carbocycles. The third-order valence-corrected chi connectivity index (χ3v) is 2.97. The monoisotopic (exact) mass is 286 g/mol. The maximum absolute atomic E-state index is 9.15. The molecule has 0 spiro atoms. The molecule has 0 aliphatic heterocycles. The third-order valence-electron chi connectivity index (χ3n) is 2.97. The van der Waals surface area contributed by atoms with Crippen molar-refractivity contribution in [1.82, 2.24) is 0 Å². The van der Waals surface area contributed by atoms with Gasteiger partial charge in [-0.3, -0.25) is 0 Å². The van der Waals surface area contributed by atoms with Gasteiger partial charge in [-0.25, -0.2) is 0 Å². The van der Waals surface area contributed by atoms with Crippen molar-refractivity contribution in [1.29, 1.82) is 0 Å². The van der Waals surface area contributed by atoms with E-state index in [4.69, 9.17) is 15.6 Å². The van der Waals surface area contributed by atoms with Gasteiger partial charge in [-0.15, -0.1) is 0 Å². The number of aliphatic hydroxyl groups is 1. The smallest absolute Gasteiger partial charge is 0.123 e. The summed E-state index contributed by atoms with van der Waals surface area (Å²) in [7, 11) is 0. The summed E-state index contributed by atoms with van der Waals surface area (Å²) in [5.74, 6) is 0.761. The molecule has 0 aromatic heterocycles. The average molecular weight is 286 g/mol. The zero-order valence-electron chi connectivity index (χ0n) is 12.5. The molecule has 2 rings (SSSR count). The zero-order chi connectivity index (χ0) is 15.2. The normalized spacial score (nSPS) is 10.7. The van der Waals surface area contributed by atoms with Crippen LogP contribution in [-0.4, -0.2) is 11.2 Å². The lowest BCUT2D eigenvalue weighted by molar-refractivity contribution is 0.242. The number of hydrogen-bond donors (Lipinski definition) is 3. The van der Waals surface area contributed by atoms with E-state index in [1.165, 1.54) is 0 Å². The summed E-state index contributed by atoms with van der Waals surface area (Å²) in [5.41, 5.74) is 9.49. The van der Waals surface area contributed by atoms with Crippen molar-refractivity contribution in [3.05, 3.63) is 53.6 Å². The molecule has 0 saturated carbocycles. The summed E-state index contributed by atoms with van der Waals surface area (Å²) in [6.45, 7) is 4.68. The number of nitrogens with one attached hydrogen (secondary N) is 1. The Labute approximate surface area is 125 Å². The molecule has 0 fully saturated rings. The van der Waals surface area contributed by atoms with Gasteiger partial charge in [-0.2, -0.15) is 0 Å². The molecule has 4 N–H and O–H groups in total. The second-order valence-corrected chi connectivity index (χ2v) is 5.29. The lowest BCUT2D eigenvalue weighted by Gasteiger charge is -2.13. The number of benzene rings is 2. The molecule has 0 saturated heterocycles. The van der Waals surface area contributed by atoms with E-state index in [0.717, 1.165) is 22.6 Å². The fourth-order valence-corrected chi connectivity index (χ4v) is 2.11. The Balaban J connectivity index is 2.06. The third kappa shape index (κ3) is 4.68. The van der Waals surface area contributed by atoms with Crippen molar-refractivity contribution in [2.45, 2.75) is 33.1 Å². The Morgan fingerprint density at radius 2 is 1.90 bits per heavy atom. The van der Waals surface area contributed by atoms with Crippen molar-refractivity contribution in [2.75, 3.05) is 11.1 Å². The molecule has 112 valence electrons. The molecule has 0 unspecified atom stereocenters. The highest BCUT2D eigenvalue weighted by atomic mass is 16.5. The number of aliphatic hydroxyl groups excluding tert-OH is 1. The summed E-state index contributed by atoms with van der Waals surface area (Å²) in [6.07, 6.45) is 0.112. The molecule has 0 heterocycles. The number of hydrogen-bond acceptors (Lipinski definition) is 4. The maximum Gasteiger partial charge on any atom is 0.123 e. The molecule has 0 radical (unpaired) electrons. The van der Waals surface area contributed by atoms with E-state index in [-0.39, 0.29) is 12.7 Å². The van der Waals surface area contributed by atoms with Crippen LogP contribution in [0, 0.1) is 0 Å². The highest BCUT2D eigenvalue weighted by Gasteiger charge is 2.03. The minimum Gasteiger partial charge on any atom is -0.491 e. The first kappa shape index (κ1) is 15.2. The number of nitrogens with two attached hydrogens (primary N) is 1. The van der Waals surface area contributed by atoms with E-state index in [1.54, 1.807) is 0 Å². The van der Waals surface area contributed by atoms with E-state index in [1.807, 2.05) is 56.3 Å². The van der Waals surface area contributed by atoms with Gasteiger partial charge in [0.2, 0.25) is 0 Å². The fourth-order valence-electron chi connectivity index (χ4n) is 2.11. The van der Waals surface area contributed by atoms with Crippen LogP contribution < -0.4 is 15.8 Å². The Kier molecular flexibility index (Phi) is 5.06. The van der Waals surface area contributed by atoms with Crippen LogP contribution in [0.15, 0.2) is 42.5 Å². The first-order chi connectivity index (χ1) is 10.1. The van der Waals surface area contributed by atoms with Crippen LogP contribution >= 0.6 is 0 Å². The van der Waals surface area contributed by atoms with E-state index >= 15 is 0 Å². The van der Waals surface area contributed by atoms with Crippen LogP contribution in [0.2, 0.25) is 0 Å². The Bertz CT molecular complexity index is 597. The fraction of sp³-hybridized carbons (Fsp3) is 0.294. The Morgan fingerprint density at radius 1 is 1.14 bits per heavy atom. The van der Waals surface area contributed by atoms with Gasteiger partial charge < -0.3 is 20.9 Å². The summed E-state index contributed by atoms with van der Waals surface area (Å²) < 4.78 is 5.67. The SMILES string of the molecule is CC(C)Oc1cc(N)cc(NCc2cccc(CO)c2)c1. The Hall–Kier alpha value is -2.20. The van der Waals surface area contributed by atoms with Gasteiger partial charge in [0.25, 0.3) is 0 Å². The first-order valence-corrected chi connectivity index (χ1v) is 7.06. The second kappa shape index (κ2) is 6.99. The minimum atomic E-state index is 0.0541. The molecule has 0 atom stereocenters. The predicted octanol–water partition coefficient (Wildman–Crippen LogP) is 3.16. The van der Waals surface area contributed by atoms with E-state index in [9.17, 15) is 0 Å². The molecule has 0 aliphatic rings. The van der Waals surface area contributed by atoms with Crippen LogP contribution in [0.3, 0.4) is 0 Å². The quantitative estimate of drug-likeness (QED) is 0.714. The molecular formula is C17H22N2O2. The molecule has 0 bridgehead atoms. The van der Waals surface area contributed by atoms with Gasteiger partial charge in [-0.1, -0.05) is 24.3 Å². The molecule has 2 aromatic rings. The molecule has 0 amide bonds. The summed E-state index contributed by atoms with van der Waals surface area (Å²) >= 11 is 0. The van der Waals surface area contributed by atoms with Crippen LogP contribution in [0.1, 0.15) is 25.0 Å². The summed E-state index contributed by atoms with van der Waals surface area (Å²) in [5, 5.41) is 12.5. The van der Waals surface area contributed by atoms with Crippen molar-refractivity contribution < 1.29 is 9.84 Å². The van der Waals surface area contributed by atoms with Gasteiger partial charge in [0.05, 0.1) is 12.7 Å². The number of rotatable bonds is 6. The minimum absolute atomic E-state index is 0.0541. The van der Waals surface area contributed by atoms with Crippen molar-refractivity contribution >= 4 is 11.4 Å². The van der Waals surface area contributed by atoms with Gasteiger partial charge in [0, 0.05) is 30.1 Å². The van der Waals surface area contributed by atoms with E-state index < -0.39 is 0 Å². The maximum atomic E-state index is 9.15. The van der Waals surface area contributed by atoms with Gasteiger partial charge in [0.15, 0.2) is 0 Å². The van der Waals surface area contributed by atoms with Crippen LogP contribution in [0.4, 0.5) is 11.4 Å². The standard InChI is InChI=1S/C17H22N2O2/c1-12(2)21-17-8-15(18)7-16(9-17)19-10-13-4-3-5-14(6-13)11-20/h3-9,12,19-20H,10-11,18H2,1-2H3. The lowest BCUT2D eigenvalue weighted by atomic mass is 10.1. The Morgan fingerprint density at radius 3 is 2.62 bits per heavy atom. The van der Waals surface area contributed by atoms with Gasteiger partial charge >= 0.3 is 0 Å². The highest BCUT2D eigenvalue weighted by molar-refractivity contribution is 5.59. The molecule has 0 aliphatic carbocycles. The largest absolute Gasteiger partial charge is 0.491 e. The molecular weight excluding hydrogens is 264 g/mol. The van der Waals surface area contributed by atoms with Crippen molar-refractivity contribution in [2.24, 2.45) is 0 Å². The van der Waals surface area contributed by atoms with Gasteiger partial charge in [0.1, 0.15) is 5.75 Å². The topological polar surface area (TPSA) is 67.5 Å².